The van der Waals surface area contributed by atoms with Crippen molar-refractivity contribution in [3.8, 4) is 17.6 Å². The highest BCUT2D eigenvalue weighted by Gasteiger charge is 2.38. The molecule has 0 saturated heterocycles. The van der Waals surface area contributed by atoms with E-state index >= 15 is 0 Å². The van der Waals surface area contributed by atoms with Gasteiger partial charge in [0.15, 0.2) is 5.69 Å². The quantitative estimate of drug-likeness (QED) is 0.229. The van der Waals surface area contributed by atoms with Crippen LogP contribution in [0.4, 0.5) is 17.6 Å². The van der Waals surface area contributed by atoms with Crippen LogP contribution in [0.2, 0.25) is 5.02 Å². The van der Waals surface area contributed by atoms with Crippen molar-refractivity contribution in [1.29, 1.82) is 5.26 Å². The number of nitrogens with zero attached hydrogens (tertiary/aromatic N) is 4. The number of halogens is 5. The molecule has 0 atom stereocenters. The molecule has 3 rings (SSSR count). The van der Waals surface area contributed by atoms with Crippen LogP contribution in [0.1, 0.15) is 29.4 Å². The third-order valence-electron chi connectivity index (χ3n) is 5.05. The van der Waals surface area contributed by atoms with Gasteiger partial charge < -0.3 is 9.47 Å². The number of methoxy groups -OCH3 is 1. The fourth-order valence-electron chi connectivity index (χ4n) is 3.20. The summed E-state index contributed by atoms with van der Waals surface area (Å²) in [5.74, 6) is -1.48. The molecule has 2 aromatic heterocycles. The van der Waals surface area contributed by atoms with E-state index in [9.17, 15) is 27.2 Å². The minimum atomic E-state index is -5.04. The lowest BCUT2D eigenvalue weighted by Gasteiger charge is -2.15. The van der Waals surface area contributed by atoms with E-state index in [-0.39, 0.29) is 46.2 Å². The van der Waals surface area contributed by atoms with Crippen molar-refractivity contribution in [1.82, 2.24) is 19.7 Å². The van der Waals surface area contributed by atoms with E-state index < -0.39 is 28.7 Å². The number of hydrogen-bond donors (Lipinski definition) is 1. The molecule has 3 aromatic rings. The Hall–Kier alpha value is -4.70. The van der Waals surface area contributed by atoms with Crippen molar-refractivity contribution < 1.29 is 27.0 Å². The van der Waals surface area contributed by atoms with E-state index in [1.165, 1.54) is 37.5 Å². The van der Waals surface area contributed by atoms with Gasteiger partial charge in [-0.3, -0.25) is 14.2 Å². The van der Waals surface area contributed by atoms with Gasteiger partial charge in [-0.05, 0) is 42.8 Å². The number of ether oxygens (including phenoxy) is 2. The number of hydrogen-bond acceptors (Lipinski definition) is 7. The van der Waals surface area contributed by atoms with Crippen LogP contribution in [-0.2, 0) is 17.5 Å². The van der Waals surface area contributed by atoms with E-state index in [2.05, 4.69) is 15.2 Å². The van der Waals surface area contributed by atoms with Crippen LogP contribution in [0.15, 0.2) is 70.5 Å². The lowest BCUT2D eigenvalue weighted by atomic mass is 10.1. The molecule has 39 heavy (non-hydrogen) atoms. The smallest absolute Gasteiger partial charge is 0.437 e. The van der Waals surface area contributed by atoms with Crippen LogP contribution in [0.25, 0.3) is 5.57 Å². The normalized spacial score (nSPS) is 12.5. The summed E-state index contributed by atoms with van der Waals surface area (Å²) in [6, 6.07) is 6.63. The van der Waals surface area contributed by atoms with Crippen molar-refractivity contribution in [3.63, 3.8) is 0 Å². The minimum absolute atomic E-state index is 0.00215. The van der Waals surface area contributed by atoms with Crippen LogP contribution in [0.5, 0.6) is 11.5 Å². The number of aromatic amines is 1. The Morgan fingerprint density at radius 2 is 2.00 bits per heavy atom. The first-order valence-electron chi connectivity index (χ1n) is 10.8. The molecule has 1 aromatic carbocycles. The maximum Gasteiger partial charge on any atom is 0.437 e. The fraction of sp³-hybridized carbons (Fsp3) is 0.160. The molecule has 0 bridgehead atoms. The van der Waals surface area contributed by atoms with Crippen LogP contribution >= 0.6 is 11.6 Å². The number of allylic oxidation sites excluding steroid dienone is 4. The van der Waals surface area contributed by atoms with Crippen molar-refractivity contribution in [2.45, 2.75) is 19.6 Å². The molecule has 0 unspecified atom stereocenters. The molecular weight excluding hydrogens is 546 g/mol. The molecule has 0 spiro atoms. The highest BCUT2D eigenvalue weighted by atomic mass is 35.5. The van der Waals surface area contributed by atoms with E-state index in [4.69, 9.17) is 26.3 Å². The van der Waals surface area contributed by atoms with Gasteiger partial charge in [0.2, 0.25) is 5.75 Å². The van der Waals surface area contributed by atoms with Crippen molar-refractivity contribution >= 4 is 17.2 Å². The predicted molar refractivity (Wildman–Crippen MR) is 133 cm³/mol. The zero-order valence-corrected chi connectivity index (χ0v) is 21.0. The Balaban J connectivity index is 2.01. The van der Waals surface area contributed by atoms with Crippen LogP contribution in [0.3, 0.4) is 0 Å². The largest absolute Gasteiger partial charge is 0.494 e. The molecule has 9 nitrogen and oxygen atoms in total. The van der Waals surface area contributed by atoms with Gasteiger partial charge in [-0.2, -0.15) is 23.5 Å². The molecule has 14 heteroatoms. The lowest BCUT2D eigenvalue weighted by Crippen LogP contribution is -2.27. The molecule has 0 amide bonds. The standard InChI is InChI=1S/C25H18ClF4N5O4/c1-14(4-3-5-18(10-27)38-2)20-9-17(33-34-23(20)36)12-35-13-32-22(25(28,29)30)21(24(35)37)39-19-7-15(11-31)6-16(26)8-19/h3-10,13H,12H2,1-2H3,(H,34,36)/b5-3-,14-4+,18-10-. The summed E-state index contributed by atoms with van der Waals surface area (Å²) in [5.41, 5.74) is -2.69. The highest BCUT2D eigenvalue weighted by Crippen LogP contribution is 2.35. The van der Waals surface area contributed by atoms with Gasteiger partial charge in [-0.15, -0.1) is 0 Å². The Morgan fingerprint density at radius 1 is 1.26 bits per heavy atom. The maximum absolute atomic E-state index is 13.6. The summed E-state index contributed by atoms with van der Waals surface area (Å²) >= 11 is 5.89. The Labute approximate surface area is 222 Å². The van der Waals surface area contributed by atoms with E-state index in [1.54, 1.807) is 13.0 Å². The van der Waals surface area contributed by atoms with Crippen LogP contribution in [-0.4, -0.2) is 26.9 Å². The molecule has 202 valence electrons. The zero-order valence-electron chi connectivity index (χ0n) is 20.2. The number of alkyl halides is 3. The summed E-state index contributed by atoms with van der Waals surface area (Å²) in [5, 5.41) is 15.2. The van der Waals surface area contributed by atoms with Gasteiger partial charge in [0, 0.05) is 10.6 Å². The number of aromatic nitrogens is 4. The number of nitriles is 1. The second kappa shape index (κ2) is 12.2. The SMILES string of the molecule is COC(/C=C\C=C(/C)c1cc(Cn2cnc(C(F)(F)F)c(Oc3cc(Cl)cc(C#N)c3)c2=O)n[nH]c1=O)=C\F. The van der Waals surface area contributed by atoms with Gasteiger partial charge in [0.1, 0.15) is 17.8 Å². The van der Waals surface area contributed by atoms with Crippen molar-refractivity contribution in [2.24, 2.45) is 0 Å². The monoisotopic (exact) mass is 563 g/mol. The topological polar surface area (TPSA) is 123 Å². The summed E-state index contributed by atoms with van der Waals surface area (Å²) in [7, 11) is 1.28. The summed E-state index contributed by atoms with van der Waals surface area (Å²) in [6.45, 7) is 1.20. The van der Waals surface area contributed by atoms with Gasteiger partial charge in [-0.25, -0.2) is 14.5 Å². The molecule has 0 radical (unpaired) electrons. The average molecular weight is 564 g/mol. The second-order valence-corrected chi connectivity index (χ2v) is 8.21. The Bertz CT molecular complexity index is 1640. The Kier molecular flexibility index (Phi) is 9.05. The molecule has 1 N–H and O–H groups in total. The van der Waals surface area contributed by atoms with Crippen molar-refractivity contribution in [2.75, 3.05) is 7.11 Å². The first-order valence-corrected chi connectivity index (χ1v) is 11.2. The number of H-pyrrole nitrogens is 1. The third-order valence-corrected chi connectivity index (χ3v) is 5.27. The van der Waals surface area contributed by atoms with Gasteiger partial charge in [0.25, 0.3) is 11.1 Å². The lowest BCUT2D eigenvalue weighted by molar-refractivity contribution is -0.142. The van der Waals surface area contributed by atoms with E-state index in [0.717, 1.165) is 16.7 Å². The molecule has 2 heterocycles. The molecule has 0 aliphatic rings. The first-order chi connectivity index (χ1) is 18.5. The molecule has 0 aliphatic heterocycles. The van der Waals surface area contributed by atoms with E-state index in [0.29, 0.717) is 11.9 Å². The summed E-state index contributed by atoms with van der Waals surface area (Å²) in [6.07, 6.45) is 0.127. The molecule has 0 saturated carbocycles. The minimum Gasteiger partial charge on any atom is -0.494 e. The van der Waals surface area contributed by atoms with Crippen molar-refractivity contribution in [3.05, 3.63) is 109 Å². The Morgan fingerprint density at radius 3 is 2.64 bits per heavy atom. The van der Waals surface area contributed by atoms with Gasteiger partial charge >= 0.3 is 6.18 Å². The maximum atomic E-state index is 13.6. The fourth-order valence-corrected chi connectivity index (χ4v) is 3.43. The van der Waals surface area contributed by atoms with E-state index in [1.807, 2.05) is 0 Å². The number of benzene rings is 1. The summed E-state index contributed by atoms with van der Waals surface area (Å²) < 4.78 is 64.3. The predicted octanol–water partition coefficient (Wildman–Crippen LogP) is 5.13. The molecular formula is C25H18ClF4N5O4. The van der Waals surface area contributed by atoms with Crippen LogP contribution < -0.4 is 15.9 Å². The number of nitrogens with one attached hydrogen (secondary N) is 1. The zero-order chi connectivity index (χ0) is 28.7. The number of rotatable bonds is 8. The molecule has 0 aliphatic carbocycles. The second-order valence-electron chi connectivity index (χ2n) is 7.77. The first kappa shape index (κ1) is 28.9. The van der Waals surface area contributed by atoms with Gasteiger partial charge in [0.05, 0.1) is 37.3 Å². The third kappa shape index (κ3) is 7.20. The summed E-state index contributed by atoms with van der Waals surface area (Å²) in [4.78, 5) is 28.7. The molecule has 0 fully saturated rings. The highest BCUT2D eigenvalue weighted by molar-refractivity contribution is 6.30. The van der Waals surface area contributed by atoms with Gasteiger partial charge in [-0.1, -0.05) is 23.8 Å². The average Bonchev–Trinajstić information content (AvgIpc) is 2.88. The van der Waals surface area contributed by atoms with Crippen LogP contribution in [0, 0.1) is 11.3 Å².